The number of hydrogen-bond donors (Lipinski definition) is 0. The molecule has 0 unspecified atom stereocenters. The van der Waals surface area contributed by atoms with E-state index < -0.39 is 11.7 Å². The van der Waals surface area contributed by atoms with Crippen molar-refractivity contribution < 1.29 is 22.8 Å². The number of piperidine rings is 1. The second-order valence-electron chi connectivity index (χ2n) is 7.78. The standard InChI is InChI=1S/C20H23F3N2O2S/c21-20(22,23)16-6-4-15(5-7-16)18(27)25-12-13-28-19(25)8-10-24(11-9-19)17(26)14-2-1-3-14/h4-7,14H,1-3,8-13H2. The zero-order chi connectivity index (χ0) is 19.9. The molecule has 0 bridgehead atoms. The van der Waals surface area contributed by atoms with Gasteiger partial charge in [0.25, 0.3) is 5.91 Å². The Balaban J connectivity index is 1.44. The van der Waals surface area contributed by atoms with Crippen molar-refractivity contribution in [3.8, 4) is 0 Å². The minimum atomic E-state index is -4.41. The normalized spacial score (nSPS) is 22.4. The quantitative estimate of drug-likeness (QED) is 0.737. The van der Waals surface area contributed by atoms with Crippen LogP contribution in [0.2, 0.25) is 0 Å². The van der Waals surface area contributed by atoms with Gasteiger partial charge in [-0.1, -0.05) is 6.42 Å². The number of likely N-dealkylation sites (tertiary alicyclic amines) is 1. The molecule has 0 atom stereocenters. The first-order chi connectivity index (χ1) is 13.3. The predicted molar refractivity (Wildman–Crippen MR) is 101 cm³/mol. The number of nitrogens with zero attached hydrogens (tertiary/aromatic N) is 2. The highest BCUT2D eigenvalue weighted by molar-refractivity contribution is 8.00. The fourth-order valence-corrected chi connectivity index (χ4v) is 5.71. The fraction of sp³-hybridized carbons (Fsp3) is 0.600. The van der Waals surface area contributed by atoms with Crippen molar-refractivity contribution in [2.24, 2.45) is 5.92 Å². The SMILES string of the molecule is O=C(C1CCC1)N1CCC2(CC1)SCCN2C(=O)c1ccc(C(F)(F)F)cc1. The third kappa shape index (κ3) is 3.51. The van der Waals surface area contributed by atoms with Gasteiger partial charge in [0, 0.05) is 36.9 Å². The highest BCUT2D eigenvalue weighted by Crippen LogP contribution is 2.45. The maximum atomic E-state index is 13.0. The molecule has 4 nitrogen and oxygen atoms in total. The van der Waals surface area contributed by atoms with Crippen LogP contribution in [0.1, 0.15) is 48.0 Å². The van der Waals surface area contributed by atoms with Crippen LogP contribution in [-0.2, 0) is 11.0 Å². The van der Waals surface area contributed by atoms with Crippen LogP contribution >= 0.6 is 11.8 Å². The van der Waals surface area contributed by atoms with Crippen molar-refractivity contribution in [1.29, 1.82) is 0 Å². The van der Waals surface area contributed by atoms with E-state index in [1.54, 1.807) is 11.8 Å². The van der Waals surface area contributed by atoms with Crippen LogP contribution in [-0.4, -0.2) is 51.9 Å². The zero-order valence-electron chi connectivity index (χ0n) is 15.5. The first-order valence-electron chi connectivity index (χ1n) is 9.72. The third-order valence-electron chi connectivity index (χ3n) is 6.19. The number of carbonyl (C=O) groups is 2. The van der Waals surface area contributed by atoms with Gasteiger partial charge in [0.1, 0.15) is 0 Å². The molecule has 2 saturated heterocycles. The molecular formula is C20H23F3N2O2S. The smallest absolute Gasteiger partial charge is 0.342 e. The highest BCUT2D eigenvalue weighted by atomic mass is 32.2. The molecule has 1 spiro atoms. The summed E-state index contributed by atoms with van der Waals surface area (Å²) in [6.45, 7) is 1.86. The molecular weight excluding hydrogens is 389 g/mol. The molecule has 2 amide bonds. The Kier molecular flexibility index (Phi) is 5.10. The van der Waals surface area contributed by atoms with Crippen LogP contribution in [0.4, 0.5) is 13.2 Å². The van der Waals surface area contributed by atoms with Crippen LogP contribution < -0.4 is 0 Å². The lowest BCUT2D eigenvalue weighted by atomic mass is 9.84. The van der Waals surface area contributed by atoms with Crippen molar-refractivity contribution in [3.05, 3.63) is 35.4 Å². The van der Waals surface area contributed by atoms with Crippen molar-refractivity contribution in [2.45, 2.75) is 43.2 Å². The van der Waals surface area contributed by atoms with E-state index in [4.69, 9.17) is 0 Å². The summed E-state index contributed by atoms with van der Waals surface area (Å²) in [5, 5.41) is 0. The largest absolute Gasteiger partial charge is 0.416 e. The Morgan fingerprint density at radius 2 is 1.68 bits per heavy atom. The summed E-state index contributed by atoms with van der Waals surface area (Å²) in [7, 11) is 0. The van der Waals surface area contributed by atoms with Gasteiger partial charge < -0.3 is 9.80 Å². The third-order valence-corrected chi connectivity index (χ3v) is 7.75. The van der Waals surface area contributed by atoms with Crippen molar-refractivity contribution in [1.82, 2.24) is 9.80 Å². The molecule has 0 aromatic heterocycles. The van der Waals surface area contributed by atoms with E-state index in [1.165, 1.54) is 12.1 Å². The van der Waals surface area contributed by atoms with Gasteiger partial charge >= 0.3 is 6.18 Å². The molecule has 1 saturated carbocycles. The highest BCUT2D eigenvalue weighted by Gasteiger charge is 2.47. The van der Waals surface area contributed by atoms with E-state index in [0.29, 0.717) is 32.5 Å². The first-order valence-corrected chi connectivity index (χ1v) is 10.7. The van der Waals surface area contributed by atoms with E-state index in [1.807, 2.05) is 9.80 Å². The second-order valence-corrected chi connectivity index (χ2v) is 9.24. The summed E-state index contributed by atoms with van der Waals surface area (Å²) >= 11 is 1.73. The van der Waals surface area contributed by atoms with Crippen molar-refractivity contribution in [3.63, 3.8) is 0 Å². The molecule has 8 heteroatoms. The molecule has 3 fully saturated rings. The molecule has 3 aliphatic rings. The van der Waals surface area contributed by atoms with E-state index in [-0.39, 0.29) is 28.2 Å². The molecule has 1 aromatic rings. The van der Waals surface area contributed by atoms with Crippen LogP contribution in [0.15, 0.2) is 24.3 Å². The fourth-order valence-electron chi connectivity index (χ4n) is 4.26. The summed E-state index contributed by atoms with van der Waals surface area (Å²) in [5.74, 6) is 1.00. The average molecular weight is 412 g/mol. The molecule has 152 valence electrons. The van der Waals surface area contributed by atoms with Crippen molar-refractivity contribution in [2.75, 3.05) is 25.4 Å². The Morgan fingerprint density at radius 1 is 1.04 bits per heavy atom. The number of hydrogen-bond acceptors (Lipinski definition) is 3. The van der Waals surface area contributed by atoms with Gasteiger partial charge in [-0.25, -0.2) is 0 Å². The van der Waals surface area contributed by atoms with Crippen LogP contribution in [0.3, 0.4) is 0 Å². The second kappa shape index (κ2) is 7.28. The number of thioether (sulfide) groups is 1. The lowest BCUT2D eigenvalue weighted by Gasteiger charge is -2.45. The molecule has 4 rings (SSSR count). The zero-order valence-corrected chi connectivity index (χ0v) is 16.3. The van der Waals surface area contributed by atoms with Gasteiger partial charge in [0.05, 0.1) is 10.4 Å². The monoisotopic (exact) mass is 412 g/mol. The minimum Gasteiger partial charge on any atom is -0.342 e. The number of halogens is 3. The van der Waals surface area contributed by atoms with E-state index in [9.17, 15) is 22.8 Å². The number of amides is 2. The molecule has 2 heterocycles. The first kappa shape index (κ1) is 19.6. The lowest BCUT2D eigenvalue weighted by Crippen LogP contribution is -2.54. The van der Waals surface area contributed by atoms with E-state index in [2.05, 4.69) is 0 Å². The van der Waals surface area contributed by atoms with Gasteiger partial charge in [-0.3, -0.25) is 9.59 Å². The van der Waals surface area contributed by atoms with Crippen LogP contribution in [0.25, 0.3) is 0 Å². The Bertz CT molecular complexity index is 754. The van der Waals surface area contributed by atoms with Crippen LogP contribution in [0.5, 0.6) is 0 Å². The van der Waals surface area contributed by atoms with Crippen LogP contribution in [0, 0.1) is 5.92 Å². The average Bonchev–Trinajstić information content (AvgIpc) is 3.02. The van der Waals surface area contributed by atoms with Crippen molar-refractivity contribution >= 4 is 23.6 Å². The summed E-state index contributed by atoms with van der Waals surface area (Å²) in [5.41, 5.74) is -0.472. The van der Waals surface area contributed by atoms with Gasteiger partial charge in [0.15, 0.2) is 0 Å². The van der Waals surface area contributed by atoms with Gasteiger partial charge in [-0.2, -0.15) is 13.2 Å². The summed E-state index contributed by atoms with van der Waals surface area (Å²) in [6, 6.07) is 4.44. The summed E-state index contributed by atoms with van der Waals surface area (Å²) < 4.78 is 38.3. The molecule has 0 radical (unpaired) electrons. The maximum absolute atomic E-state index is 13.0. The predicted octanol–water partition coefficient (Wildman–Crippen LogP) is 4.01. The number of carbonyl (C=O) groups excluding carboxylic acids is 2. The topological polar surface area (TPSA) is 40.6 Å². The summed E-state index contributed by atoms with van der Waals surface area (Å²) in [6.07, 6.45) is 0.0953. The Morgan fingerprint density at radius 3 is 2.21 bits per heavy atom. The number of alkyl halides is 3. The minimum absolute atomic E-state index is 0.176. The number of rotatable bonds is 2. The Hall–Kier alpha value is -1.70. The van der Waals surface area contributed by atoms with Gasteiger partial charge in [-0.15, -0.1) is 11.8 Å². The van der Waals surface area contributed by atoms with E-state index in [0.717, 1.165) is 37.1 Å². The molecule has 28 heavy (non-hydrogen) atoms. The van der Waals surface area contributed by atoms with Gasteiger partial charge in [-0.05, 0) is 49.9 Å². The molecule has 2 aliphatic heterocycles. The maximum Gasteiger partial charge on any atom is 0.416 e. The Labute approximate surface area is 166 Å². The molecule has 1 aliphatic carbocycles. The molecule has 1 aromatic carbocycles. The number of benzene rings is 1. The van der Waals surface area contributed by atoms with Gasteiger partial charge in [0.2, 0.25) is 5.91 Å². The molecule has 0 N–H and O–H groups in total. The summed E-state index contributed by atoms with van der Waals surface area (Å²) in [4.78, 5) is 28.9. The van der Waals surface area contributed by atoms with E-state index >= 15 is 0 Å². The lowest BCUT2D eigenvalue weighted by molar-refractivity contribution is -0.140.